The highest BCUT2D eigenvalue weighted by Crippen LogP contribution is 2.21. The molecule has 2 unspecified atom stereocenters. The maximum Gasteiger partial charge on any atom is 0.410 e. The van der Waals surface area contributed by atoms with Crippen LogP contribution in [0.1, 0.15) is 79.6 Å². The van der Waals surface area contributed by atoms with Crippen molar-refractivity contribution in [1.82, 2.24) is 10.2 Å². The third-order valence-corrected chi connectivity index (χ3v) is 4.56. The van der Waals surface area contributed by atoms with Crippen molar-refractivity contribution in [2.24, 2.45) is 5.92 Å². The Bertz CT molecular complexity index is 339. The number of amides is 1. The molecule has 1 fully saturated rings. The van der Waals surface area contributed by atoms with E-state index in [4.69, 9.17) is 4.74 Å². The van der Waals surface area contributed by atoms with E-state index in [1.165, 1.54) is 32.1 Å². The molecule has 4 nitrogen and oxygen atoms in total. The van der Waals surface area contributed by atoms with Gasteiger partial charge in [0.25, 0.3) is 0 Å². The molecule has 1 rings (SSSR count). The molecule has 4 heteroatoms. The summed E-state index contributed by atoms with van der Waals surface area (Å²) in [5.74, 6) is 0.604. The zero-order chi connectivity index (χ0) is 17.3. The van der Waals surface area contributed by atoms with Crippen LogP contribution in [0, 0.1) is 5.92 Å². The van der Waals surface area contributed by atoms with E-state index in [1.807, 2.05) is 25.7 Å². The lowest BCUT2D eigenvalue weighted by Gasteiger charge is -2.34. The number of rotatable bonds is 8. The summed E-state index contributed by atoms with van der Waals surface area (Å²) >= 11 is 0. The molecule has 1 amide bonds. The summed E-state index contributed by atoms with van der Waals surface area (Å²) in [6, 6.07) is 0.653. The van der Waals surface area contributed by atoms with Gasteiger partial charge in [0.05, 0.1) is 0 Å². The van der Waals surface area contributed by atoms with E-state index in [9.17, 15) is 4.79 Å². The Labute approximate surface area is 143 Å². The molecule has 0 bridgehead atoms. The van der Waals surface area contributed by atoms with Crippen molar-refractivity contribution < 1.29 is 9.53 Å². The maximum absolute atomic E-state index is 12.2. The SMILES string of the molecule is CCCCC(CC)NCCC1CCCN(C(=O)OC(C)(C)C)C1. The van der Waals surface area contributed by atoms with Gasteiger partial charge >= 0.3 is 6.09 Å². The average Bonchev–Trinajstić information content (AvgIpc) is 2.49. The zero-order valence-electron chi connectivity index (χ0n) is 16.0. The third kappa shape index (κ3) is 8.59. The van der Waals surface area contributed by atoms with E-state index < -0.39 is 5.60 Å². The van der Waals surface area contributed by atoms with Gasteiger partial charge in [-0.3, -0.25) is 0 Å². The molecule has 0 aromatic heterocycles. The highest BCUT2D eigenvalue weighted by molar-refractivity contribution is 5.68. The Morgan fingerprint density at radius 2 is 2.09 bits per heavy atom. The van der Waals surface area contributed by atoms with Crippen LogP contribution in [0.5, 0.6) is 0 Å². The predicted octanol–water partition coefficient (Wildman–Crippen LogP) is 4.58. The molecule has 0 spiro atoms. The van der Waals surface area contributed by atoms with Crippen molar-refractivity contribution in [2.45, 2.75) is 91.2 Å². The second-order valence-electron chi connectivity index (χ2n) is 7.92. The van der Waals surface area contributed by atoms with Gasteiger partial charge < -0.3 is 15.0 Å². The van der Waals surface area contributed by atoms with Crippen LogP contribution >= 0.6 is 0 Å². The molecule has 1 heterocycles. The lowest BCUT2D eigenvalue weighted by atomic mass is 9.94. The van der Waals surface area contributed by atoms with Gasteiger partial charge in [-0.1, -0.05) is 26.7 Å². The number of unbranched alkanes of at least 4 members (excludes halogenated alkanes) is 1. The molecule has 1 saturated heterocycles. The molecular formula is C19H38N2O2. The molecule has 0 radical (unpaired) electrons. The van der Waals surface area contributed by atoms with Gasteiger partial charge in [-0.2, -0.15) is 0 Å². The van der Waals surface area contributed by atoms with E-state index in [0.29, 0.717) is 12.0 Å². The van der Waals surface area contributed by atoms with Gasteiger partial charge in [0.2, 0.25) is 0 Å². The quantitative estimate of drug-likeness (QED) is 0.710. The topological polar surface area (TPSA) is 41.6 Å². The van der Waals surface area contributed by atoms with Gasteiger partial charge in [-0.05, 0) is 65.3 Å². The largest absolute Gasteiger partial charge is 0.444 e. The molecule has 0 aromatic carbocycles. The first kappa shape index (κ1) is 20.3. The summed E-state index contributed by atoms with van der Waals surface area (Å²) in [6.45, 7) is 13.1. The van der Waals surface area contributed by atoms with Crippen molar-refractivity contribution in [3.8, 4) is 0 Å². The van der Waals surface area contributed by atoms with Crippen molar-refractivity contribution >= 4 is 6.09 Å². The molecule has 1 aliphatic heterocycles. The Balaban J connectivity index is 2.31. The monoisotopic (exact) mass is 326 g/mol. The second-order valence-corrected chi connectivity index (χ2v) is 7.92. The molecule has 1 aliphatic rings. The zero-order valence-corrected chi connectivity index (χ0v) is 16.0. The van der Waals surface area contributed by atoms with Crippen molar-refractivity contribution in [1.29, 1.82) is 0 Å². The van der Waals surface area contributed by atoms with Crippen LogP contribution in [-0.4, -0.2) is 42.3 Å². The second kappa shape index (κ2) is 10.2. The van der Waals surface area contributed by atoms with Crippen molar-refractivity contribution in [3.63, 3.8) is 0 Å². The van der Waals surface area contributed by atoms with Crippen LogP contribution in [0.4, 0.5) is 4.79 Å². The number of ether oxygens (including phenoxy) is 1. The van der Waals surface area contributed by atoms with Crippen LogP contribution < -0.4 is 5.32 Å². The highest BCUT2D eigenvalue weighted by atomic mass is 16.6. The molecule has 0 saturated carbocycles. The predicted molar refractivity (Wildman–Crippen MR) is 96.8 cm³/mol. The number of carbonyl (C=O) groups is 1. The fraction of sp³-hybridized carbons (Fsp3) is 0.947. The van der Waals surface area contributed by atoms with E-state index >= 15 is 0 Å². The van der Waals surface area contributed by atoms with Gasteiger partial charge in [-0.25, -0.2) is 4.79 Å². The van der Waals surface area contributed by atoms with Gasteiger partial charge in [0.1, 0.15) is 5.60 Å². The van der Waals surface area contributed by atoms with Crippen LogP contribution in [0.3, 0.4) is 0 Å². The summed E-state index contributed by atoms with van der Waals surface area (Å²) in [5, 5.41) is 3.70. The van der Waals surface area contributed by atoms with Crippen LogP contribution in [0.25, 0.3) is 0 Å². The lowest BCUT2D eigenvalue weighted by Crippen LogP contribution is -2.43. The summed E-state index contributed by atoms with van der Waals surface area (Å²) < 4.78 is 5.50. The minimum atomic E-state index is -0.404. The number of nitrogens with zero attached hydrogens (tertiary/aromatic N) is 1. The van der Waals surface area contributed by atoms with Crippen LogP contribution in [0.15, 0.2) is 0 Å². The Morgan fingerprint density at radius 1 is 1.35 bits per heavy atom. The summed E-state index contributed by atoms with van der Waals surface area (Å²) in [7, 11) is 0. The number of likely N-dealkylation sites (tertiary alicyclic amines) is 1. The normalized spacial score (nSPS) is 20.4. The van der Waals surface area contributed by atoms with Gasteiger partial charge in [0, 0.05) is 19.1 Å². The molecule has 136 valence electrons. The summed E-state index contributed by atoms with van der Waals surface area (Å²) in [4.78, 5) is 14.1. The molecule has 2 atom stereocenters. The molecule has 23 heavy (non-hydrogen) atoms. The minimum absolute atomic E-state index is 0.149. The molecular weight excluding hydrogens is 288 g/mol. The molecule has 1 N–H and O–H groups in total. The van der Waals surface area contributed by atoms with Crippen LogP contribution in [0.2, 0.25) is 0 Å². The number of nitrogens with one attached hydrogen (secondary N) is 1. The Kier molecular flexibility index (Phi) is 8.96. The first-order chi connectivity index (χ1) is 10.9. The van der Waals surface area contributed by atoms with Crippen LogP contribution in [-0.2, 0) is 4.74 Å². The summed E-state index contributed by atoms with van der Waals surface area (Å²) in [6.07, 6.45) is 8.39. The van der Waals surface area contributed by atoms with Gasteiger partial charge in [-0.15, -0.1) is 0 Å². The molecule has 0 aromatic rings. The van der Waals surface area contributed by atoms with Crippen molar-refractivity contribution in [2.75, 3.05) is 19.6 Å². The molecule has 0 aliphatic carbocycles. The lowest BCUT2D eigenvalue weighted by molar-refractivity contribution is 0.0161. The fourth-order valence-corrected chi connectivity index (χ4v) is 3.19. The average molecular weight is 327 g/mol. The fourth-order valence-electron chi connectivity index (χ4n) is 3.19. The first-order valence-corrected chi connectivity index (χ1v) is 9.57. The number of carbonyl (C=O) groups excluding carboxylic acids is 1. The van der Waals surface area contributed by atoms with Gasteiger partial charge in [0.15, 0.2) is 0 Å². The van der Waals surface area contributed by atoms with E-state index in [1.54, 1.807) is 0 Å². The Morgan fingerprint density at radius 3 is 2.70 bits per heavy atom. The van der Waals surface area contributed by atoms with Crippen molar-refractivity contribution in [3.05, 3.63) is 0 Å². The summed E-state index contributed by atoms with van der Waals surface area (Å²) in [5.41, 5.74) is -0.404. The Hall–Kier alpha value is -0.770. The van der Waals surface area contributed by atoms with E-state index in [2.05, 4.69) is 19.2 Å². The highest BCUT2D eigenvalue weighted by Gasteiger charge is 2.27. The first-order valence-electron chi connectivity index (χ1n) is 9.57. The minimum Gasteiger partial charge on any atom is -0.444 e. The number of hydrogen-bond donors (Lipinski definition) is 1. The third-order valence-electron chi connectivity index (χ3n) is 4.56. The number of hydrogen-bond acceptors (Lipinski definition) is 3. The van der Waals surface area contributed by atoms with E-state index in [-0.39, 0.29) is 6.09 Å². The van der Waals surface area contributed by atoms with E-state index in [0.717, 1.165) is 32.5 Å². The number of piperidine rings is 1. The maximum atomic E-state index is 12.2. The smallest absolute Gasteiger partial charge is 0.410 e. The standard InChI is InChI=1S/C19H38N2O2/c1-6-8-11-17(7-2)20-13-12-16-10-9-14-21(15-16)18(22)23-19(3,4)5/h16-17,20H,6-15H2,1-5H3.